The molecule has 0 fully saturated rings. The normalized spacial score (nSPS) is 13.3. The lowest BCUT2D eigenvalue weighted by atomic mass is 9.95. The standard InChI is InChI=1S/C16H23N5O5/c1-11(22)25-8-6-16(2,26-15(23)24)5-3-4-7-21-10-19-12-9-18-14(17)20-13(12)21/h9-10H,3-8H2,1-2H3,(H,23,24)(H2,17,18,20). The Labute approximate surface area is 150 Å². The number of fused-ring (bicyclic) bond motifs is 1. The first-order chi connectivity index (χ1) is 12.3. The number of hydrogen-bond donors (Lipinski definition) is 2. The second-order valence-electron chi connectivity index (χ2n) is 6.24. The Bertz CT molecular complexity index is 777. The number of esters is 1. The van der Waals surface area contributed by atoms with E-state index in [0.717, 1.165) is 6.42 Å². The van der Waals surface area contributed by atoms with Gasteiger partial charge < -0.3 is 24.9 Å². The van der Waals surface area contributed by atoms with Crippen molar-refractivity contribution in [1.82, 2.24) is 19.5 Å². The van der Waals surface area contributed by atoms with Gasteiger partial charge in [-0.3, -0.25) is 4.79 Å². The minimum atomic E-state index is -1.34. The van der Waals surface area contributed by atoms with E-state index in [4.69, 9.17) is 20.3 Å². The van der Waals surface area contributed by atoms with Crippen LogP contribution < -0.4 is 5.73 Å². The van der Waals surface area contributed by atoms with Crippen molar-refractivity contribution in [2.45, 2.75) is 51.7 Å². The van der Waals surface area contributed by atoms with E-state index >= 15 is 0 Å². The van der Waals surface area contributed by atoms with Crippen molar-refractivity contribution in [3.05, 3.63) is 12.5 Å². The van der Waals surface area contributed by atoms with Crippen LogP contribution in [0.1, 0.15) is 39.5 Å². The predicted octanol–water partition coefficient (Wildman–Crippen LogP) is 1.99. The lowest BCUT2D eigenvalue weighted by molar-refractivity contribution is -0.142. The summed E-state index contributed by atoms with van der Waals surface area (Å²) in [6.45, 7) is 3.77. The number of hydrogen-bond acceptors (Lipinski definition) is 8. The maximum atomic E-state index is 10.9. The summed E-state index contributed by atoms with van der Waals surface area (Å²) in [4.78, 5) is 34.1. The monoisotopic (exact) mass is 365 g/mol. The molecule has 0 aliphatic rings. The molecule has 1 atom stereocenters. The number of carboxylic acid groups (broad SMARTS) is 1. The summed E-state index contributed by atoms with van der Waals surface area (Å²) in [7, 11) is 0. The van der Waals surface area contributed by atoms with Crippen molar-refractivity contribution in [1.29, 1.82) is 0 Å². The van der Waals surface area contributed by atoms with Crippen molar-refractivity contribution < 1.29 is 24.2 Å². The molecule has 0 spiro atoms. The Morgan fingerprint density at radius 2 is 2.08 bits per heavy atom. The largest absolute Gasteiger partial charge is 0.506 e. The van der Waals surface area contributed by atoms with Gasteiger partial charge in [0.25, 0.3) is 0 Å². The fourth-order valence-electron chi connectivity index (χ4n) is 2.66. The summed E-state index contributed by atoms with van der Waals surface area (Å²) in [6.07, 6.45) is 4.18. The third-order valence-corrected chi connectivity index (χ3v) is 4.00. The van der Waals surface area contributed by atoms with Crippen molar-refractivity contribution >= 4 is 29.2 Å². The number of nitrogens with two attached hydrogens (primary N) is 1. The van der Waals surface area contributed by atoms with E-state index in [1.54, 1.807) is 19.4 Å². The molecular formula is C16H23N5O5. The number of ether oxygens (including phenoxy) is 2. The van der Waals surface area contributed by atoms with Gasteiger partial charge in [-0.2, -0.15) is 4.98 Å². The minimum Gasteiger partial charge on any atom is -0.466 e. The second-order valence-corrected chi connectivity index (χ2v) is 6.24. The molecule has 2 aromatic heterocycles. The zero-order valence-electron chi connectivity index (χ0n) is 14.8. The highest BCUT2D eigenvalue weighted by Crippen LogP contribution is 2.24. The zero-order valence-corrected chi connectivity index (χ0v) is 14.8. The van der Waals surface area contributed by atoms with E-state index in [9.17, 15) is 9.59 Å². The van der Waals surface area contributed by atoms with Crippen LogP contribution in [0.15, 0.2) is 12.5 Å². The maximum Gasteiger partial charge on any atom is 0.506 e. The lowest BCUT2D eigenvalue weighted by Gasteiger charge is -2.28. The summed E-state index contributed by atoms with van der Waals surface area (Å²) in [5.74, 6) is -0.219. The summed E-state index contributed by atoms with van der Waals surface area (Å²) in [5.41, 5.74) is 6.02. The average molecular weight is 365 g/mol. The van der Waals surface area contributed by atoms with Crippen LogP contribution in [0.5, 0.6) is 0 Å². The van der Waals surface area contributed by atoms with E-state index in [2.05, 4.69) is 15.0 Å². The van der Waals surface area contributed by atoms with Gasteiger partial charge in [-0.05, 0) is 26.2 Å². The van der Waals surface area contributed by atoms with E-state index in [-0.39, 0.29) is 12.6 Å². The maximum absolute atomic E-state index is 10.9. The van der Waals surface area contributed by atoms with Crippen molar-refractivity contribution in [2.24, 2.45) is 0 Å². The lowest BCUT2D eigenvalue weighted by Crippen LogP contribution is -2.33. The molecule has 0 saturated heterocycles. The molecule has 3 N–H and O–H groups in total. The SMILES string of the molecule is CC(=O)OCCC(C)(CCCCn1cnc2cnc(N)nc21)OC(=O)O. The first kappa shape index (κ1) is 19.4. The van der Waals surface area contributed by atoms with E-state index in [0.29, 0.717) is 37.0 Å². The zero-order chi connectivity index (χ0) is 19.2. The highest BCUT2D eigenvalue weighted by atomic mass is 16.7. The third-order valence-electron chi connectivity index (χ3n) is 4.00. The molecule has 10 nitrogen and oxygen atoms in total. The number of rotatable bonds is 9. The number of carbonyl (C=O) groups excluding carboxylic acids is 1. The number of nitrogens with zero attached hydrogens (tertiary/aromatic N) is 4. The van der Waals surface area contributed by atoms with Crippen LogP contribution in [0, 0.1) is 0 Å². The Morgan fingerprint density at radius 1 is 1.31 bits per heavy atom. The molecule has 0 amide bonds. The van der Waals surface area contributed by atoms with Gasteiger partial charge in [0.15, 0.2) is 5.65 Å². The summed E-state index contributed by atoms with van der Waals surface area (Å²) in [5, 5.41) is 8.94. The van der Waals surface area contributed by atoms with Gasteiger partial charge in [0.05, 0.1) is 19.1 Å². The molecule has 0 aliphatic heterocycles. The Hall–Kier alpha value is -2.91. The number of anilines is 1. The highest BCUT2D eigenvalue weighted by Gasteiger charge is 2.28. The van der Waals surface area contributed by atoms with Crippen LogP contribution in [0.2, 0.25) is 0 Å². The number of carbonyl (C=O) groups is 2. The number of aryl methyl sites for hydroxylation is 1. The molecule has 2 aromatic rings. The molecule has 2 heterocycles. The first-order valence-corrected chi connectivity index (χ1v) is 8.28. The average Bonchev–Trinajstić information content (AvgIpc) is 2.93. The van der Waals surface area contributed by atoms with E-state index in [1.165, 1.54) is 6.92 Å². The topological polar surface area (TPSA) is 142 Å². The van der Waals surface area contributed by atoms with Gasteiger partial charge in [-0.1, -0.05) is 0 Å². The number of nitrogen functional groups attached to an aromatic ring is 1. The van der Waals surface area contributed by atoms with Crippen LogP contribution in [0.25, 0.3) is 11.2 Å². The molecule has 26 heavy (non-hydrogen) atoms. The van der Waals surface area contributed by atoms with Crippen LogP contribution in [-0.2, 0) is 20.8 Å². The van der Waals surface area contributed by atoms with Gasteiger partial charge >= 0.3 is 12.1 Å². The van der Waals surface area contributed by atoms with E-state index < -0.39 is 17.7 Å². The van der Waals surface area contributed by atoms with Gasteiger partial charge in [0.1, 0.15) is 11.1 Å². The molecule has 0 bridgehead atoms. The summed E-state index contributed by atoms with van der Waals surface area (Å²) >= 11 is 0. The third kappa shape index (κ3) is 5.57. The highest BCUT2D eigenvalue weighted by molar-refractivity contribution is 5.70. The number of unbranched alkanes of at least 4 members (excludes halogenated alkanes) is 1. The van der Waals surface area contributed by atoms with Crippen molar-refractivity contribution in [3.63, 3.8) is 0 Å². The quantitative estimate of drug-likeness (QED) is 0.503. The van der Waals surface area contributed by atoms with Gasteiger partial charge in [0.2, 0.25) is 5.95 Å². The van der Waals surface area contributed by atoms with Crippen molar-refractivity contribution in [3.8, 4) is 0 Å². The number of imidazole rings is 1. The molecule has 1 unspecified atom stereocenters. The summed E-state index contributed by atoms with van der Waals surface area (Å²) in [6, 6.07) is 0. The molecule has 142 valence electrons. The second kappa shape index (κ2) is 8.45. The Balaban J connectivity index is 1.88. The fourth-order valence-corrected chi connectivity index (χ4v) is 2.66. The Kier molecular flexibility index (Phi) is 6.31. The Morgan fingerprint density at radius 3 is 2.77 bits per heavy atom. The molecular weight excluding hydrogens is 342 g/mol. The first-order valence-electron chi connectivity index (χ1n) is 8.28. The fraction of sp³-hybridized carbons (Fsp3) is 0.562. The van der Waals surface area contributed by atoms with Crippen LogP contribution >= 0.6 is 0 Å². The molecule has 10 heteroatoms. The van der Waals surface area contributed by atoms with Gasteiger partial charge in [-0.25, -0.2) is 14.8 Å². The van der Waals surface area contributed by atoms with Crippen molar-refractivity contribution in [2.75, 3.05) is 12.3 Å². The van der Waals surface area contributed by atoms with Gasteiger partial charge in [-0.15, -0.1) is 0 Å². The summed E-state index contributed by atoms with van der Waals surface area (Å²) < 4.78 is 11.8. The van der Waals surface area contributed by atoms with Crippen LogP contribution in [0.4, 0.5) is 10.7 Å². The number of aromatic nitrogens is 4. The molecule has 2 rings (SSSR count). The van der Waals surface area contributed by atoms with Crippen LogP contribution in [0.3, 0.4) is 0 Å². The minimum absolute atomic E-state index is 0.113. The van der Waals surface area contributed by atoms with E-state index in [1.807, 2.05) is 4.57 Å². The predicted molar refractivity (Wildman–Crippen MR) is 92.4 cm³/mol. The molecule has 0 radical (unpaired) electrons. The van der Waals surface area contributed by atoms with Crippen LogP contribution in [-0.4, -0.2) is 49.0 Å². The molecule has 0 aromatic carbocycles. The van der Waals surface area contributed by atoms with Gasteiger partial charge in [0, 0.05) is 19.9 Å². The molecule has 0 saturated carbocycles. The molecule has 0 aliphatic carbocycles. The smallest absolute Gasteiger partial charge is 0.466 e.